The van der Waals surface area contributed by atoms with E-state index in [1.165, 1.54) is 6.92 Å². The number of carbonyl (C=O) groups is 2. The van der Waals surface area contributed by atoms with Gasteiger partial charge in [-0.05, 0) is 27.7 Å². The number of ether oxygens (including phenoxy) is 1. The molecule has 0 heterocycles. The van der Waals surface area contributed by atoms with Crippen LogP contribution in [0.25, 0.3) is 0 Å². The fourth-order valence-electron chi connectivity index (χ4n) is 0.586. The van der Waals surface area contributed by atoms with Gasteiger partial charge in [0.15, 0.2) is 0 Å². The first-order chi connectivity index (χ1) is 5.72. The zero-order chi connectivity index (χ0) is 10.6. The van der Waals surface area contributed by atoms with E-state index in [-0.39, 0.29) is 25.7 Å². The van der Waals surface area contributed by atoms with Gasteiger partial charge in [-0.2, -0.15) is 0 Å². The fraction of sp³-hybridized carbons (Fsp3) is 0.778. The molecule has 0 amide bonds. The first-order valence-corrected chi connectivity index (χ1v) is 5.30. The number of hydrogen-bond donors (Lipinski definition) is 0. The van der Waals surface area contributed by atoms with Gasteiger partial charge in [0.1, 0.15) is 11.4 Å². The van der Waals surface area contributed by atoms with Gasteiger partial charge in [-0.25, -0.2) is 4.79 Å². The molecule has 0 rings (SSSR count). The summed E-state index contributed by atoms with van der Waals surface area (Å²) in [6.07, 6.45) is 0. The number of Topliss-reactive ketones (excluding diaryl/α,β-unsaturated/α-hetero) is 1. The van der Waals surface area contributed by atoms with E-state index in [9.17, 15) is 9.59 Å². The molecule has 0 saturated carbocycles. The first-order valence-electron chi connectivity index (χ1n) is 4.22. The summed E-state index contributed by atoms with van der Waals surface area (Å²) < 4.78 is 5.08. The highest BCUT2D eigenvalue weighted by atomic mass is 31.1. The van der Waals surface area contributed by atoms with Crippen LogP contribution >= 0.6 is 8.58 Å². The van der Waals surface area contributed by atoms with Crippen molar-refractivity contribution in [3.63, 3.8) is 0 Å². The monoisotopic (exact) mass is 204 g/mol. The van der Waals surface area contributed by atoms with Crippen molar-refractivity contribution in [2.45, 2.75) is 45.9 Å². The zero-order valence-corrected chi connectivity index (χ0v) is 9.80. The highest BCUT2D eigenvalue weighted by Gasteiger charge is 2.19. The average Bonchev–Trinajstić information content (AvgIpc) is 1.81. The Morgan fingerprint density at radius 3 is 2.08 bits per heavy atom. The number of carbonyl (C=O) groups excluding carboxylic acids is 2. The Morgan fingerprint density at radius 1 is 1.31 bits per heavy atom. The van der Waals surface area contributed by atoms with Crippen molar-refractivity contribution in [3.8, 4) is 0 Å². The maximum Gasteiger partial charge on any atom is 0.324 e. The van der Waals surface area contributed by atoms with Crippen molar-refractivity contribution in [2.24, 2.45) is 0 Å². The third-order valence-electron chi connectivity index (χ3n) is 1.34. The van der Waals surface area contributed by atoms with E-state index in [2.05, 4.69) is 0 Å². The Labute approximate surface area is 81.0 Å². The maximum absolute atomic E-state index is 11.2. The molecule has 0 aromatic rings. The lowest BCUT2D eigenvalue weighted by atomic mass is 10.2. The van der Waals surface area contributed by atoms with Crippen molar-refractivity contribution >= 4 is 20.1 Å². The molecule has 0 aromatic heterocycles. The minimum atomic E-state index is -0.458. The predicted molar refractivity (Wildman–Crippen MR) is 54.7 cm³/mol. The molecule has 0 aromatic carbocycles. The molecule has 3 nitrogen and oxygen atoms in total. The highest BCUT2D eigenvalue weighted by molar-refractivity contribution is 7.58. The van der Waals surface area contributed by atoms with Gasteiger partial charge >= 0.3 is 5.71 Å². The van der Waals surface area contributed by atoms with Crippen molar-refractivity contribution in [1.29, 1.82) is 0 Å². The van der Waals surface area contributed by atoms with E-state index < -0.39 is 5.60 Å². The molecule has 0 radical (unpaired) electrons. The number of hydrogen-bond acceptors (Lipinski definition) is 3. The largest absolute Gasteiger partial charge is 0.457 e. The normalized spacial score (nSPS) is 14.5. The maximum atomic E-state index is 11.2. The number of ketones is 1. The molecule has 0 spiro atoms. The topological polar surface area (TPSA) is 43.4 Å². The van der Waals surface area contributed by atoms with Crippen LogP contribution in [-0.2, 0) is 9.53 Å². The fourth-order valence-corrected chi connectivity index (χ4v) is 1.51. The Kier molecular flexibility index (Phi) is 4.55. The summed E-state index contributed by atoms with van der Waals surface area (Å²) in [5, 5.41) is 0. The van der Waals surface area contributed by atoms with Crippen LogP contribution in [0, 0.1) is 0 Å². The van der Waals surface area contributed by atoms with Crippen LogP contribution in [-0.4, -0.2) is 22.8 Å². The van der Waals surface area contributed by atoms with Crippen molar-refractivity contribution in [1.82, 2.24) is 0 Å². The molecule has 1 unspecified atom stereocenters. The Hall–Kier alpha value is -0.430. The lowest BCUT2D eigenvalue weighted by Gasteiger charge is -2.20. The molecule has 13 heavy (non-hydrogen) atoms. The first kappa shape index (κ1) is 12.6. The molecule has 0 bridgehead atoms. The predicted octanol–water partition coefficient (Wildman–Crippen LogP) is 2.58. The highest BCUT2D eigenvalue weighted by Crippen LogP contribution is 2.25. The van der Waals surface area contributed by atoms with Crippen molar-refractivity contribution in [2.75, 3.05) is 0 Å². The second-order valence-electron chi connectivity index (χ2n) is 3.98. The molecular weight excluding hydrogens is 187 g/mol. The van der Waals surface area contributed by atoms with Crippen molar-refractivity contribution < 1.29 is 14.3 Å². The van der Waals surface area contributed by atoms with Crippen LogP contribution in [0.5, 0.6) is 0 Å². The summed E-state index contributed by atoms with van der Waals surface area (Å²) in [5.41, 5.74) is -0.953. The average molecular weight is 204 g/mol. The van der Waals surface area contributed by atoms with Crippen LogP contribution in [0.2, 0.25) is 0 Å². The minimum Gasteiger partial charge on any atom is -0.457 e. The van der Waals surface area contributed by atoms with Gasteiger partial charge in [0.05, 0.1) is 0 Å². The summed E-state index contributed by atoms with van der Waals surface area (Å²) in [4.78, 5) is 22.1. The third-order valence-corrected chi connectivity index (χ3v) is 2.52. The Bertz CT molecular complexity index is 205. The molecular formula is C9H17O3P. The van der Waals surface area contributed by atoms with Crippen LogP contribution < -0.4 is 0 Å². The van der Waals surface area contributed by atoms with Crippen molar-refractivity contribution in [3.05, 3.63) is 0 Å². The van der Waals surface area contributed by atoms with Gasteiger partial charge in [-0.15, -0.1) is 0 Å². The quantitative estimate of drug-likeness (QED) is 0.663. The SMILES string of the molecule is CC(=O)[C@H](C)PC(=O)OC(C)(C)C. The molecule has 0 aliphatic carbocycles. The van der Waals surface area contributed by atoms with E-state index in [4.69, 9.17) is 4.74 Å². The van der Waals surface area contributed by atoms with Gasteiger partial charge < -0.3 is 4.74 Å². The van der Waals surface area contributed by atoms with Crippen LogP contribution in [0.3, 0.4) is 0 Å². The summed E-state index contributed by atoms with van der Waals surface area (Å²) >= 11 is 0. The van der Waals surface area contributed by atoms with E-state index in [1.807, 2.05) is 20.8 Å². The summed E-state index contributed by atoms with van der Waals surface area (Å²) in [6.45, 7) is 8.67. The molecule has 2 atom stereocenters. The summed E-state index contributed by atoms with van der Waals surface area (Å²) in [6, 6.07) is 0. The molecule has 0 aliphatic rings. The van der Waals surface area contributed by atoms with Gasteiger partial charge in [0, 0.05) is 14.2 Å². The lowest BCUT2D eigenvalue weighted by molar-refractivity contribution is -0.116. The standard InChI is InChI=1S/C9H17O3P/c1-6(10)7(2)13-8(11)12-9(3,4)5/h7,13H,1-5H3/t7-/m0/s1. The summed E-state index contributed by atoms with van der Waals surface area (Å²) in [7, 11) is -0.0770. The van der Waals surface area contributed by atoms with Gasteiger partial charge in [0.25, 0.3) is 0 Å². The van der Waals surface area contributed by atoms with Gasteiger partial charge in [-0.1, -0.05) is 6.92 Å². The van der Waals surface area contributed by atoms with E-state index >= 15 is 0 Å². The lowest BCUT2D eigenvalue weighted by Crippen LogP contribution is -2.22. The van der Waals surface area contributed by atoms with Gasteiger partial charge in [-0.3, -0.25) is 4.79 Å². The van der Waals surface area contributed by atoms with E-state index in [0.717, 1.165) is 0 Å². The van der Waals surface area contributed by atoms with E-state index in [0.29, 0.717) is 0 Å². The minimum absolute atomic E-state index is 0.0317. The van der Waals surface area contributed by atoms with Crippen LogP contribution in [0.1, 0.15) is 34.6 Å². The second-order valence-corrected chi connectivity index (χ2v) is 5.54. The second kappa shape index (κ2) is 4.71. The molecule has 76 valence electrons. The van der Waals surface area contributed by atoms with Gasteiger partial charge in [0.2, 0.25) is 0 Å². The van der Waals surface area contributed by atoms with E-state index in [1.54, 1.807) is 6.92 Å². The Balaban J connectivity index is 3.96. The third kappa shape index (κ3) is 6.71. The molecule has 4 heteroatoms. The summed E-state index contributed by atoms with van der Waals surface area (Å²) in [5.74, 6) is 0.0317. The Morgan fingerprint density at radius 2 is 1.77 bits per heavy atom. The number of rotatable bonds is 3. The molecule has 0 aliphatic heterocycles. The molecule has 0 N–H and O–H groups in total. The zero-order valence-electron chi connectivity index (χ0n) is 8.80. The molecule has 0 fully saturated rings. The molecule has 0 saturated heterocycles. The van der Waals surface area contributed by atoms with Crippen LogP contribution in [0.15, 0.2) is 0 Å². The van der Waals surface area contributed by atoms with Crippen LogP contribution in [0.4, 0.5) is 4.79 Å². The smallest absolute Gasteiger partial charge is 0.324 e.